The summed E-state index contributed by atoms with van der Waals surface area (Å²) < 4.78 is 0. The smallest absolute Gasteiger partial charge is 0.326 e. The molecule has 36 heavy (non-hydrogen) atoms. The zero-order valence-electron chi connectivity index (χ0n) is 22.2. The first-order valence-corrected chi connectivity index (χ1v) is 12.7. The van der Waals surface area contributed by atoms with Crippen molar-refractivity contribution in [3.05, 3.63) is 12.2 Å². The van der Waals surface area contributed by atoms with E-state index in [1.165, 1.54) is 6.08 Å². The zero-order chi connectivity index (χ0) is 27.4. The first kappa shape index (κ1) is 30.9. The van der Waals surface area contributed by atoms with Crippen molar-refractivity contribution in [2.24, 2.45) is 17.8 Å². The molecule has 0 radical (unpaired) electrons. The molecular formula is C25H43N5O6. The van der Waals surface area contributed by atoms with E-state index in [2.05, 4.69) is 26.6 Å². The monoisotopic (exact) mass is 509 g/mol. The van der Waals surface area contributed by atoms with Crippen molar-refractivity contribution < 1.29 is 29.1 Å². The van der Waals surface area contributed by atoms with Crippen molar-refractivity contribution in [2.45, 2.75) is 91.4 Å². The predicted molar refractivity (Wildman–Crippen MR) is 136 cm³/mol. The van der Waals surface area contributed by atoms with Crippen LogP contribution < -0.4 is 26.6 Å². The van der Waals surface area contributed by atoms with Crippen molar-refractivity contribution in [1.29, 1.82) is 0 Å². The van der Waals surface area contributed by atoms with E-state index in [1.54, 1.807) is 26.8 Å². The molecule has 1 rings (SSSR count). The van der Waals surface area contributed by atoms with Crippen molar-refractivity contribution in [3.63, 3.8) is 0 Å². The number of rotatable bonds is 9. The maximum Gasteiger partial charge on any atom is 0.326 e. The molecule has 0 unspecified atom stereocenters. The molecule has 5 amide bonds. The Balaban J connectivity index is 3.04. The molecule has 0 aromatic rings. The van der Waals surface area contributed by atoms with E-state index in [4.69, 9.17) is 0 Å². The fourth-order valence-corrected chi connectivity index (χ4v) is 3.71. The van der Waals surface area contributed by atoms with Crippen LogP contribution in [0.2, 0.25) is 0 Å². The number of carbonyl (C=O) groups is 5. The van der Waals surface area contributed by atoms with Crippen LogP contribution in [0.15, 0.2) is 12.2 Å². The summed E-state index contributed by atoms with van der Waals surface area (Å²) in [5.74, 6) is -2.88. The van der Waals surface area contributed by atoms with E-state index in [1.807, 2.05) is 20.8 Å². The average Bonchev–Trinajstić information content (AvgIpc) is 2.80. The highest BCUT2D eigenvalue weighted by Crippen LogP contribution is 2.12. The SMILES string of the molecule is CC[C@H](C)[C@H](NC(=O)N[C@H](C(=O)O)C(C)C)C(=O)N[C@H]1CCCCNC(=O)/C=C\[C@H](C(C)C)NC1=O. The molecule has 0 spiro atoms. The molecule has 1 heterocycles. The summed E-state index contributed by atoms with van der Waals surface area (Å²) in [4.78, 5) is 62.3. The molecule has 0 fully saturated rings. The molecule has 11 nitrogen and oxygen atoms in total. The highest BCUT2D eigenvalue weighted by atomic mass is 16.4. The fourth-order valence-electron chi connectivity index (χ4n) is 3.71. The van der Waals surface area contributed by atoms with Crippen LogP contribution in [0.25, 0.3) is 0 Å². The molecular weight excluding hydrogens is 466 g/mol. The summed E-state index contributed by atoms with van der Waals surface area (Å²) in [5.41, 5.74) is 0. The highest BCUT2D eigenvalue weighted by Gasteiger charge is 2.32. The minimum Gasteiger partial charge on any atom is -0.480 e. The lowest BCUT2D eigenvalue weighted by atomic mass is 9.97. The maximum absolute atomic E-state index is 13.3. The van der Waals surface area contributed by atoms with E-state index in [-0.39, 0.29) is 29.6 Å². The van der Waals surface area contributed by atoms with Gasteiger partial charge >= 0.3 is 12.0 Å². The summed E-state index contributed by atoms with van der Waals surface area (Å²) in [6.07, 6.45) is 5.19. The number of carboxylic acid groups (broad SMARTS) is 1. The second-order valence-electron chi connectivity index (χ2n) is 10.0. The summed E-state index contributed by atoms with van der Waals surface area (Å²) in [7, 11) is 0. The number of hydrogen-bond acceptors (Lipinski definition) is 5. The normalized spacial score (nSPS) is 22.7. The molecule has 1 aliphatic heterocycles. The minimum atomic E-state index is -1.17. The number of carboxylic acids is 1. The summed E-state index contributed by atoms with van der Waals surface area (Å²) in [6, 6.07) is -4.07. The first-order chi connectivity index (χ1) is 16.9. The molecule has 0 bridgehead atoms. The molecule has 11 heteroatoms. The third kappa shape index (κ3) is 10.2. The van der Waals surface area contributed by atoms with Crippen LogP contribution in [-0.2, 0) is 19.2 Å². The predicted octanol–water partition coefficient (Wildman–Crippen LogP) is 1.29. The van der Waals surface area contributed by atoms with Gasteiger partial charge in [0.25, 0.3) is 0 Å². The molecule has 0 aliphatic carbocycles. The molecule has 0 aromatic carbocycles. The minimum absolute atomic E-state index is 0.0126. The number of amides is 5. The number of nitrogens with one attached hydrogen (secondary N) is 5. The largest absolute Gasteiger partial charge is 0.480 e. The lowest BCUT2D eigenvalue weighted by Gasteiger charge is -2.29. The maximum atomic E-state index is 13.3. The van der Waals surface area contributed by atoms with Gasteiger partial charge in [-0.15, -0.1) is 0 Å². The van der Waals surface area contributed by atoms with Gasteiger partial charge in [0.15, 0.2) is 0 Å². The topological polar surface area (TPSA) is 166 Å². The van der Waals surface area contributed by atoms with Gasteiger partial charge < -0.3 is 31.7 Å². The highest BCUT2D eigenvalue weighted by molar-refractivity contribution is 5.93. The Morgan fingerprint density at radius 3 is 2.25 bits per heavy atom. The second-order valence-corrected chi connectivity index (χ2v) is 10.0. The Bertz CT molecular complexity index is 813. The quantitative estimate of drug-likeness (QED) is 0.274. The molecule has 6 N–H and O–H groups in total. The van der Waals surface area contributed by atoms with Gasteiger partial charge in [0.1, 0.15) is 18.1 Å². The third-order valence-corrected chi connectivity index (χ3v) is 6.34. The Hall–Kier alpha value is -3.11. The van der Waals surface area contributed by atoms with Crippen LogP contribution in [0, 0.1) is 17.8 Å². The number of aliphatic carboxylic acids is 1. The van der Waals surface area contributed by atoms with E-state index in [9.17, 15) is 29.1 Å². The van der Waals surface area contributed by atoms with E-state index >= 15 is 0 Å². The zero-order valence-corrected chi connectivity index (χ0v) is 22.2. The van der Waals surface area contributed by atoms with Crippen LogP contribution in [0.5, 0.6) is 0 Å². The Kier molecular flexibility index (Phi) is 13.0. The van der Waals surface area contributed by atoms with Crippen LogP contribution in [-0.4, -0.2) is 65.5 Å². The molecule has 5 atom stereocenters. The van der Waals surface area contributed by atoms with Gasteiger partial charge in [0, 0.05) is 18.7 Å². The van der Waals surface area contributed by atoms with Crippen LogP contribution in [0.1, 0.15) is 67.2 Å². The number of hydrogen-bond donors (Lipinski definition) is 6. The van der Waals surface area contributed by atoms with Crippen LogP contribution in [0.3, 0.4) is 0 Å². The van der Waals surface area contributed by atoms with Gasteiger partial charge in [0.2, 0.25) is 17.7 Å². The second kappa shape index (κ2) is 15.1. The van der Waals surface area contributed by atoms with E-state index in [0.717, 1.165) is 0 Å². The Morgan fingerprint density at radius 2 is 1.69 bits per heavy atom. The summed E-state index contributed by atoms with van der Waals surface area (Å²) >= 11 is 0. The number of urea groups is 1. The number of carbonyl (C=O) groups excluding carboxylic acids is 4. The lowest BCUT2D eigenvalue weighted by Crippen LogP contribution is -2.59. The summed E-state index contributed by atoms with van der Waals surface area (Å²) in [5, 5.41) is 22.8. The van der Waals surface area contributed by atoms with Crippen LogP contribution in [0.4, 0.5) is 4.79 Å². The standard InChI is InChI=1S/C25H43N5O6/c1-7-16(6)21(30-25(36)29-20(15(4)5)24(34)35)23(33)28-18-10-8-9-13-26-19(31)12-11-17(14(2)3)27-22(18)32/h11-12,14-18,20-21H,7-10,13H2,1-6H3,(H,26,31)(H,27,32)(H,28,33)(H,34,35)(H2,29,30,36)/b12-11-/t16-,17+,18-,20-,21-/m0/s1. The van der Waals surface area contributed by atoms with Gasteiger partial charge in [-0.05, 0) is 37.0 Å². The molecule has 0 saturated carbocycles. The van der Waals surface area contributed by atoms with Gasteiger partial charge in [-0.25, -0.2) is 9.59 Å². The third-order valence-electron chi connectivity index (χ3n) is 6.34. The van der Waals surface area contributed by atoms with E-state index in [0.29, 0.717) is 32.2 Å². The first-order valence-electron chi connectivity index (χ1n) is 12.7. The van der Waals surface area contributed by atoms with E-state index < -0.39 is 42.1 Å². The van der Waals surface area contributed by atoms with Crippen molar-refractivity contribution >= 4 is 29.7 Å². The molecule has 0 saturated heterocycles. The molecule has 204 valence electrons. The average molecular weight is 510 g/mol. The van der Waals surface area contributed by atoms with Crippen molar-refractivity contribution in [3.8, 4) is 0 Å². The lowest BCUT2D eigenvalue weighted by molar-refractivity contribution is -0.140. The Labute approximate surface area is 213 Å². The van der Waals surface area contributed by atoms with Gasteiger partial charge in [-0.3, -0.25) is 14.4 Å². The van der Waals surface area contributed by atoms with Gasteiger partial charge in [-0.1, -0.05) is 54.0 Å². The summed E-state index contributed by atoms with van der Waals surface area (Å²) in [6.45, 7) is 11.3. The van der Waals surface area contributed by atoms with Crippen molar-refractivity contribution in [1.82, 2.24) is 26.6 Å². The van der Waals surface area contributed by atoms with Gasteiger partial charge in [-0.2, -0.15) is 0 Å². The molecule has 0 aromatic heterocycles. The van der Waals surface area contributed by atoms with Crippen molar-refractivity contribution in [2.75, 3.05) is 6.54 Å². The Morgan fingerprint density at radius 1 is 1.06 bits per heavy atom. The van der Waals surface area contributed by atoms with Gasteiger partial charge in [0.05, 0.1) is 0 Å². The van der Waals surface area contributed by atoms with Crippen LogP contribution >= 0.6 is 0 Å². The fraction of sp³-hybridized carbons (Fsp3) is 0.720. The molecule has 1 aliphatic rings.